The first-order chi connectivity index (χ1) is 25.8. The van der Waals surface area contributed by atoms with Crippen LogP contribution in [-0.2, 0) is 12.3 Å². The van der Waals surface area contributed by atoms with Crippen LogP contribution in [0.15, 0.2) is 97.1 Å². The van der Waals surface area contributed by atoms with E-state index < -0.39 is 15.8 Å². The molecule has 3 unspecified atom stereocenters. The van der Waals surface area contributed by atoms with Crippen molar-refractivity contribution in [3.8, 4) is 0 Å². The van der Waals surface area contributed by atoms with Crippen LogP contribution in [0.3, 0.4) is 0 Å². The van der Waals surface area contributed by atoms with Gasteiger partial charge in [-0.1, -0.05) is 149 Å². The molecule has 0 nitrogen and oxygen atoms in total. The molecule has 0 bridgehead atoms. The molecule has 0 N–H and O–H groups in total. The summed E-state index contributed by atoms with van der Waals surface area (Å²) in [5.41, 5.74) is 9.63. The van der Waals surface area contributed by atoms with Crippen molar-refractivity contribution < 1.29 is 0 Å². The van der Waals surface area contributed by atoms with Crippen molar-refractivity contribution in [1.29, 1.82) is 0 Å². The first kappa shape index (κ1) is 31.4. The second-order valence-corrected chi connectivity index (χ2v) is 20.2. The number of rotatable bonds is 2. The molecule has 0 spiro atoms. The van der Waals surface area contributed by atoms with Crippen LogP contribution >= 0.6 is 15.8 Å². The Morgan fingerprint density at radius 3 is 1.35 bits per heavy atom. The van der Waals surface area contributed by atoms with Gasteiger partial charge in [-0.05, 0) is 161 Å². The van der Waals surface area contributed by atoms with E-state index in [1.807, 2.05) is 0 Å². The lowest BCUT2D eigenvalue weighted by atomic mass is 9.82. The van der Waals surface area contributed by atoms with Crippen LogP contribution in [-0.4, -0.2) is 12.3 Å². The smallest absolute Gasteiger partial charge is 0.00261 e. The van der Waals surface area contributed by atoms with E-state index in [9.17, 15) is 0 Å². The molecule has 0 saturated carbocycles. The average molecular weight is 707 g/mol. The Bertz CT molecular complexity index is 2650. The lowest BCUT2D eigenvalue weighted by Gasteiger charge is -2.29. The van der Waals surface area contributed by atoms with Crippen molar-refractivity contribution in [2.45, 2.75) is 50.8 Å². The average Bonchev–Trinajstić information content (AvgIpc) is 3.49. The molecule has 5 aromatic rings. The summed E-state index contributed by atoms with van der Waals surface area (Å²) in [7, 11) is -0.784. The fourth-order valence-corrected chi connectivity index (χ4v) is 16.8. The van der Waals surface area contributed by atoms with Crippen LogP contribution in [0, 0.1) is 11.8 Å². The first-order valence-corrected chi connectivity index (χ1v) is 23.0. The van der Waals surface area contributed by atoms with Gasteiger partial charge in [0.05, 0.1) is 0 Å². The van der Waals surface area contributed by atoms with Gasteiger partial charge < -0.3 is 0 Å². The Kier molecular flexibility index (Phi) is 7.74. The van der Waals surface area contributed by atoms with Crippen molar-refractivity contribution in [3.05, 3.63) is 161 Å². The van der Waals surface area contributed by atoms with E-state index in [1.54, 1.807) is 44.0 Å². The van der Waals surface area contributed by atoms with Crippen molar-refractivity contribution in [3.63, 3.8) is 0 Å². The summed E-state index contributed by atoms with van der Waals surface area (Å²) in [5, 5.41) is 15.2. The topological polar surface area (TPSA) is 0 Å². The zero-order chi connectivity index (χ0) is 34.2. The fourth-order valence-electron chi connectivity index (χ4n) is 10.5. The lowest BCUT2D eigenvalue weighted by Crippen LogP contribution is -2.38. The maximum Gasteiger partial charge on any atom is -0.00261 e. The standard InChI is InChI=1S/C50H44P2/c1-5-15-41-33(11-1)21-25-37-29-51(30-38-26-22-34-12-2-6-16-42(34)48(38)47(37)41)45-19-9-10-20-46(45)52-31-39-27-23-35-13-3-7-17-43(35)49(39)50-40(32-52)28-24-36-14-4-8-18-44(36)50/h1,3,5,7,9-24,26,28,37,39H,2,4,6,8,25,27,29-32H2/t37-,39?,51?,52?/m0/s1. The predicted molar refractivity (Wildman–Crippen MR) is 226 cm³/mol. The zero-order valence-electron chi connectivity index (χ0n) is 29.8. The van der Waals surface area contributed by atoms with Gasteiger partial charge >= 0.3 is 0 Å². The van der Waals surface area contributed by atoms with Crippen molar-refractivity contribution >= 4 is 74.1 Å². The molecule has 254 valence electrons. The monoisotopic (exact) mass is 706 g/mol. The Hall–Kier alpha value is -4.08. The molecule has 5 aromatic carbocycles. The molecule has 11 rings (SSSR count). The Morgan fingerprint density at radius 2 is 0.846 bits per heavy atom. The quantitative estimate of drug-likeness (QED) is 0.226. The van der Waals surface area contributed by atoms with Crippen molar-refractivity contribution in [2.24, 2.45) is 11.8 Å². The molecule has 0 aromatic heterocycles. The molecule has 52 heavy (non-hydrogen) atoms. The summed E-state index contributed by atoms with van der Waals surface area (Å²) in [4.78, 5) is 0. The van der Waals surface area contributed by atoms with E-state index in [-0.39, 0.29) is 0 Å². The highest BCUT2D eigenvalue weighted by Crippen LogP contribution is 2.52. The lowest BCUT2D eigenvalue weighted by molar-refractivity contribution is 0.783. The van der Waals surface area contributed by atoms with Crippen LogP contribution in [0.1, 0.15) is 60.8 Å². The second-order valence-electron chi connectivity index (χ2n) is 15.7. The van der Waals surface area contributed by atoms with Crippen molar-refractivity contribution in [2.75, 3.05) is 12.3 Å². The highest BCUT2D eigenvalue weighted by Gasteiger charge is 2.35. The summed E-state index contributed by atoms with van der Waals surface area (Å²) in [6, 6.07) is 38.3. The predicted octanol–water partition coefficient (Wildman–Crippen LogP) is 5.04. The Labute approximate surface area is 308 Å². The molecule has 2 heterocycles. The van der Waals surface area contributed by atoms with E-state index in [0.717, 1.165) is 38.5 Å². The first-order valence-electron chi connectivity index (χ1n) is 19.6. The van der Waals surface area contributed by atoms with Crippen LogP contribution < -0.4 is 52.4 Å². The Morgan fingerprint density at radius 1 is 0.404 bits per heavy atom. The van der Waals surface area contributed by atoms with Crippen LogP contribution in [0.4, 0.5) is 0 Å². The molecular weight excluding hydrogens is 662 g/mol. The molecule has 2 heteroatoms. The Balaban J connectivity index is 1.08. The van der Waals surface area contributed by atoms with Gasteiger partial charge in [-0.15, -0.1) is 0 Å². The van der Waals surface area contributed by atoms with Gasteiger partial charge in [0.2, 0.25) is 0 Å². The van der Waals surface area contributed by atoms with Crippen LogP contribution in [0.25, 0.3) is 47.6 Å². The maximum absolute atomic E-state index is 2.57. The summed E-state index contributed by atoms with van der Waals surface area (Å²) < 4.78 is 0. The molecule has 4 aliphatic carbocycles. The van der Waals surface area contributed by atoms with Gasteiger partial charge in [0, 0.05) is 0 Å². The molecule has 6 aliphatic rings. The van der Waals surface area contributed by atoms with E-state index in [4.69, 9.17) is 0 Å². The van der Waals surface area contributed by atoms with E-state index >= 15 is 0 Å². The van der Waals surface area contributed by atoms with Gasteiger partial charge in [0.1, 0.15) is 0 Å². The van der Waals surface area contributed by atoms with E-state index in [1.165, 1.54) is 66.4 Å². The number of hydrogen-bond acceptors (Lipinski definition) is 0. The minimum absolute atomic E-state index is 0.392. The minimum atomic E-state index is -0.392. The van der Waals surface area contributed by atoms with E-state index in [2.05, 4.69) is 134 Å². The zero-order valence-corrected chi connectivity index (χ0v) is 31.6. The van der Waals surface area contributed by atoms with Gasteiger partial charge in [-0.3, -0.25) is 0 Å². The van der Waals surface area contributed by atoms with Crippen LogP contribution in [0.5, 0.6) is 0 Å². The third kappa shape index (κ3) is 5.09. The van der Waals surface area contributed by atoms with Gasteiger partial charge in [0.25, 0.3) is 0 Å². The summed E-state index contributed by atoms with van der Waals surface area (Å²) in [5.74, 6) is 1.12. The molecule has 4 atom stereocenters. The number of benzene rings is 5. The van der Waals surface area contributed by atoms with Gasteiger partial charge in [0.15, 0.2) is 0 Å². The van der Waals surface area contributed by atoms with Gasteiger partial charge in [-0.2, -0.15) is 0 Å². The minimum Gasteiger partial charge on any atom is -0.0763 e. The molecule has 0 saturated heterocycles. The second kappa shape index (κ2) is 12.8. The molecule has 0 amide bonds. The summed E-state index contributed by atoms with van der Waals surface area (Å²) in [6.45, 7) is 0. The molecule has 2 aliphatic heterocycles. The van der Waals surface area contributed by atoms with Gasteiger partial charge in [-0.25, -0.2) is 0 Å². The number of fused-ring (bicyclic) bond motifs is 12. The van der Waals surface area contributed by atoms with Crippen molar-refractivity contribution in [1.82, 2.24) is 0 Å². The fraction of sp³-hybridized carbons (Fsp3) is 0.240. The molecule has 0 fully saturated rings. The summed E-state index contributed by atoms with van der Waals surface area (Å²) in [6.07, 6.45) is 27.0. The normalized spacial score (nSPS) is 23.5. The maximum atomic E-state index is 2.57. The number of hydrogen-bond donors (Lipinski definition) is 0. The highest BCUT2D eigenvalue weighted by atomic mass is 31.1. The third-order valence-electron chi connectivity index (χ3n) is 12.8. The third-order valence-corrected chi connectivity index (χ3v) is 18.3. The highest BCUT2D eigenvalue weighted by molar-refractivity contribution is 7.71. The summed E-state index contributed by atoms with van der Waals surface area (Å²) >= 11 is 0. The van der Waals surface area contributed by atoms with Crippen LogP contribution in [0.2, 0.25) is 0 Å². The SMILES string of the molecule is C1=c2ccccc2=C2c3c(ccc4c3=CCCC=4)CP(c3ccccc3P3Cc4ccc5c(c4C4=c6ccccc6=CC[C@H]4C3)=CCCC=5)CC2C1. The van der Waals surface area contributed by atoms with E-state index in [0.29, 0.717) is 11.8 Å². The molecule has 0 radical (unpaired) electrons. The largest absolute Gasteiger partial charge is 0.0763 e. The molecular formula is C50H44P2.